The molecule has 2 heterocycles. The van der Waals surface area contributed by atoms with Gasteiger partial charge in [-0.1, -0.05) is 18.6 Å². The van der Waals surface area contributed by atoms with Gasteiger partial charge in [-0.25, -0.2) is 0 Å². The Bertz CT molecular complexity index is 825. The highest BCUT2D eigenvalue weighted by molar-refractivity contribution is 6.10. The molecule has 5 nitrogen and oxygen atoms in total. The molecule has 0 radical (unpaired) electrons. The van der Waals surface area contributed by atoms with Crippen LogP contribution in [0.5, 0.6) is 11.5 Å². The third kappa shape index (κ3) is 6.31. The Morgan fingerprint density at radius 2 is 1.29 bits per heavy atom. The Labute approximate surface area is 185 Å². The smallest absolute Gasteiger partial charge is 0.196 e. The van der Waals surface area contributed by atoms with Gasteiger partial charge in [-0.3, -0.25) is 14.6 Å². The quantitative estimate of drug-likeness (QED) is 0.535. The standard InChI is InChI=1S/C26H34N2O3/c29-26(24-8-2-3-9-25(24)31-21-19-28-16-6-7-17-28)22-10-12-23(13-11-22)30-20-18-27-14-4-1-5-15-27/h2-3,8-13H,1,4-7,14-21H2. The van der Waals surface area contributed by atoms with Gasteiger partial charge in [0.2, 0.25) is 0 Å². The van der Waals surface area contributed by atoms with Crippen LogP contribution in [-0.4, -0.2) is 68.1 Å². The molecule has 2 fully saturated rings. The lowest BCUT2D eigenvalue weighted by Crippen LogP contribution is -2.33. The number of rotatable bonds is 10. The predicted octanol–water partition coefficient (Wildman–Crippen LogP) is 4.26. The normalized spacial score (nSPS) is 17.5. The van der Waals surface area contributed by atoms with Crippen molar-refractivity contribution in [3.05, 3.63) is 59.7 Å². The molecule has 0 bridgehead atoms. The Hall–Kier alpha value is -2.37. The van der Waals surface area contributed by atoms with Crippen LogP contribution in [0, 0.1) is 0 Å². The van der Waals surface area contributed by atoms with E-state index in [0.717, 1.165) is 31.9 Å². The lowest BCUT2D eigenvalue weighted by Gasteiger charge is -2.26. The topological polar surface area (TPSA) is 42.0 Å². The van der Waals surface area contributed by atoms with E-state index in [4.69, 9.17) is 9.47 Å². The van der Waals surface area contributed by atoms with E-state index in [1.807, 2.05) is 48.5 Å². The summed E-state index contributed by atoms with van der Waals surface area (Å²) in [5, 5.41) is 0. The first-order chi connectivity index (χ1) is 15.3. The zero-order chi connectivity index (χ0) is 21.3. The highest BCUT2D eigenvalue weighted by Crippen LogP contribution is 2.23. The number of carbonyl (C=O) groups is 1. The monoisotopic (exact) mass is 422 g/mol. The van der Waals surface area contributed by atoms with Gasteiger partial charge in [0.05, 0.1) is 5.56 Å². The summed E-state index contributed by atoms with van der Waals surface area (Å²) < 4.78 is 11.9. The van der Waals surface area contributed by atoms with Crippen LogP contribution in [0.1, 0.15) is 48.0 Å². The fourth-order valence-corrected chi connectivity index (χ4v) is 4.40. The molecule has 2 saturated heterocycles. The van der Waals surface area contributed by atoms with E-state index in [-0.39, 0.29) is 5.78 Å². The fourth-order valence-electron chi connectivity index (χ4n) is 4.40. The summed E-state index contributed by atoms with van der Waals surface area (Å²) >= 11 is 0. The summed E-state index contributed by atoms with van der Waals surface area (Å²) in [6.07, 6.45) is 6.47. The number of ether oxygens (including phenoxy) is 2. The van der Waals surface area contributed by atoms with Gasteiger partial charge in [-0.2, -0.15) is 0 Å². The second-order valence-electron chi connectivity index (χ2n) is 8.50. The molecular weight excluding hydrogens is 388 g/mol. The maximum absolute atomic E-state index is 13.1. The van der Waals surface area contributed by atoms with Crippen LogP contribution in [-0.2, 0) is 0 Å². The number of para-hydroxylation sites is 1. The average Bonchev–Trinajstić information content (AvgIpc) is 3.34. The minimum Gasteiger partial charge on any atom is -0.492 e. The van der Waals surface area contributed by atoms with Gasteiger partial charge in [0, 0.05) is 18.7 Å². The molecular formula is C26H34N2O3. The molecule has 31 heavy (non-hydrogen) atoms. The van der Waals surface area contributed by atoms with E-state index < -0.39 is 0 Å². The number of hydrogen-bond donors (Lipinski definition) is 0. The molecule has 2 aliphatic rings. The molecule has 0 amide bonds. The zero-order valence-corrected chi connectivity index (χ0v) is 18.4. The van der Waals surface area contributed by atoms with Gasteiger partial charge in [0.25, 0.3) is 0 Å². The summed E-state index contributed by atoms with van der Waals surface area (Å²) in [6.45, 7) is 7.81. The summed E-state index contributed by atoms with van der Waals surface area (Å²) in [5.41, 5.74) is 1.27. The molecule has 0 saturated carbocycles. The van der Waals surface area contributed by atoms with Gasteiger partial charge < -0.3 is 9.47 Å². The Balaban J connectivity index is 1.30. The number of likely N-dealkylation sites (tertiary alicyclic amines) is 2. The predicted molar refractivity (Wildman–Crippen MR) is 123 cm³/mol. The fraction of sp³-hybridized carbons (Fsp3) is 0.500. The van der Waals surface area contributed by atoms with E-state index >= 15 is 0 Å². The molecule has 4 rings (SSSR count). The zero-order valence-electron chi connectivity index (χ0n) is 18.4. The van der Waals surface area contributed by atoms with Crippen molar-refractivity contribution in [1.29, 1.82) is 0 Å². The van der Waals surface area contributed by atoms with Crippen molar-refractivity contribution in [2.45, 2.75) is 32.1 Å². The molecule has 0 spiro atoms. The van der Waals surface area contributed by atoms with Crippen molar-refractivity contribution in [3.63, 3.8) is 0 Å². The van der Waals surface area contributed by atoms with E-state index in [0.29, 0.717) is 30.1 Å². The van der Waals surface area contributed by atoms with Crippen LogP contribution in [0.15, 0.2) is 48.5 Å². The van der Waals surface area contributed by atoms with E-state index in [1.54, 1.807) is 0 Å². The Morgan fingerprint density at radius 1 is 0.710 bits per heavy atom. The Kier molecular flexibility index (Phi) is 7.97. The van der Waals surface area contributed by atoms with Crippen LogP contribution in [0.25, 0.3) is 0 Å². The molecule has 2 aliphatic heterocycles. The number of carbonyl (C=O) groups excluding carboxylic acids is 1. The molecule has 0 N–H and O–H groups in total. The average molecular weight is 423 g/mol. The van der Waals surface area contributed by atoms with E-state index in [2.05, 4.69) is 9.80 Å². The van der Waals surface area contributed by atoms with Crippen LogP contribution in [0.2, 0.25) is 0 Å². The SMILES string of the molecule is O=C(c1ccc(OCCN2CCCCC2)cc1)c1ccccc1OCCN1CCCC1. The molecule has 166 valence electrons. The van der Waals surface area contributed by atoms with Crippen LogP contribution < -0.4 is 9.47 Å². The lowest BCUT2D eigenvalue weighted by molar-refractivity contribution is 0.103. The molecule has 0 aromatic heterocycles. The molecule has 0 unspecified atom stereocenters. The maximum Gasteiger partial charge on any atom is 0.196 e. The number of ketones is 1. The molecule has 5 heteroatoms. The van der Waals surface area contributed by atoms with Crippen LogP contribution >= 0.6 is 0 Å². The summed E-state index contributed by atoms with van der Waals surface area (Å²) in [7, 11) is 0. The van der Waals surface area contributed by atoms with Crippen molar-refractivity contribution >= 4 is 5.78 Å². The van der Waals surface area contributed by atoms with Crippen LogP contribution in [0.4, 0.5) is 0 Å². The van der Waals surface area contributed by atoms with Crippen molar-refractivity contribution in [3.8, 4) is 11.5 Å². The molecule has 0 aliphatic carbocycles. The first-order valence-corrected chi connectivity index (χ1v) is 11.7. The number of piperidine rings is 1. The maximum atomic E-state index is 13.1. The van der Waals surface area contributed by atoms with Crippen molar-refractivity contribution in [2.75, 3.05) is 52.5 Å². The first kappa shape index (κ1) is 21.8. The van der Waals surface area contributed by atoms with Gasteiger partial charge in [-0.05, 0) is 88.3 Å². The molecule has 0 atom stereocenters. The van der Waals surface area contributed by atoms with E-state index in [9.17, 15) is 4.79 Å². The third-order valence-electron chi connectivity index (χ3n) is 6.24. The molecule has 2 aromatic rings. The largest absolute Gasteiger partial charge is 0.492 e. The van der Waals surface area contributed by atoms with Crippen molar-refractivity contribution in [1.82, 2.24) is 9.80 Å². The minimum absolute atomic E-state index is 0.0170. The second kappa shape index (κ2) is 11.3. The van der Waals surface area contributed by atoms with Crippen molar-refractivity contribution in [2.24, 2.45) is 0 Å². The van der Waals surface area contributed by atoms with Gasteiger partial charge in [-0.15, -0.1) is 0 Å². The minimum atomic E-state index is -0.0170. The summed E-state index contributed by atoms with van der Waals surface area (Å²) in [6, 6.07) is 15.0. The van der Waals surface area contributed by atoms with Gasteiger partial charge in [0.15, 0.2) is 5.78 Å². The Morgan fingerprint density at radius 3 is 1.97 bits per heavy atom. The highest BCUT2D eigenvalue weighted by Gasteiger charge is 2.16. The van der Waals surface area contributed by atoms with Gasteiger partial charge >= 0.3 is 0 Å². The lowest BCUT2D eigenvalue weighted by atomic mass is 10.0. The van der Waals surface area contributed by atoms with E-state index in [1.165, 1.54) is 45.2 Å². The number of benzene rings is 2. The first-order valence-electron chi connectivity index (χ1n) is 11.7. The van der Waals surface area contributed by atoms with Gasteiger partial charge in [0.1, 0.15) is 24.7 Å². The second-order valence-corrected chi connectivity index (χ2v) is 8.50. The summed E-state index contributed by atoms with van der Waals surface area (Å²) in [4.78, 5) is 18.0. The number of nitrogens with zero attached hydrogens (tertiary/aromatic N) is 2. The highest BCUT2D eigenvalue weighted by atomic mass is 16.5. The van der Waals surface area contributed by atoms with Crippen LogP contribution in [0.3, 0.4) is 0 Å². The number of hydrogen-bond acceptors (Lipinski definition) is 5. The third-order valence-corrected chi connectivity index (χ3v) is 6.24. The summed E-state index contributed by atoms with van der Waals surface area (Å²) in [5.74, 6) is 1.45. The molecule has 2 aromatic carbocycles. The van der Waals surface area contributed by atoms with Crippen molar-refractivity contribution < 1.29 is 14.3 Å².